The van der Waals surface area contributed by atoms with Crippen LogP contribution in [0.25, 0.3) is 5.76 Å². The molecule has 0 radical (unpaired) electrons. The van der Waals surface area contributed by atoms with Crippen molar-refractivity contribution < 1.29 is 29.0 Å². The fourth-order valence-corrected chi connectivity index (χ4v) is 4.43. The fraction of sp³-hybridized carbons (Fsp3) is 0.172. The summed E-state index contributed by atoms with van der Waals surface area (Å²) in [5, 5.41) is 20.7. The van der Waals surface area contributed by atoms with Crippen molar-refractivity contribution in [2.24, 2.45) is 0 Å². The van der Waals surface area contributed by atoms with Gasteiger partial charge in [0.05, 0.1) is 30.4 Å². The molecule has 1 heterocycles. The summed E-state index contributed by atoms with van der Waals surface area (Å²) in [6, 6.07) is 17.1. The SMILES string of the molecule is COc1cc(C)c(/C(O)=C2\C(=O)C(=O)N(c3ccc(C#N)cc3)C2c2cccc(OC(C)=O)c2)cc1C. The van der Waals surface area contributed by atoms with Crippen LogP contribution in [0.5, 0.6) is 11.5 Å². The van der Waals surface area contributed by atoms with Gasteiger partial charge < -0.3 is 14.6 Å². The molecule has 0 aromatic heterocycles. The van der Waals surface area contributed by atoms with Crippen molar-refractivity contribution in [3.8, 4) is 17.6 Å². The number of carbonyl (C=O) groups is 3. The number of nitriles is 1. The van der Waals surface area contributed by atoms with Crippen LogP contribution in [0.15, 0.2) is 66.2 Å². The Morgan fingerprint density at radius 2 is 1.73 bits per heavy atom. The summed E-state index contributed by atoms with van der Waals surface area (Å²) in [4.78, 5) is 39.6. The summed E-state index contributed by atoms with van der Waals surface area (Å²) >= 11 is 0. The van der Waals surface area contributed by atoms with E-state index >= 15 is 0 Å². The maximum atomic E-state index is 13.4. The molecule has 1 aliphatic heterocycles. The highest BCUT2D eigenvalue weighted by Crippen LogP contribution is 2.43. The second kappa shape index (κ2) is 9.99. The number of ether oxygens (including phenoxy) is 2. The summed E-state index contributed by atoms with van der Waals surface area (Å²) in [5.74, 6) is -1.71. The number of aliphatic hydroxyl groups is 1. The van der Waals surface area contributed by atoms with Gasteiger partial charge >= 0.3 is 5.97 Å². The Labute approximate surface area is 214 Å². The quantitative estimate of drug-likeness (QED) is 0.178. The van der Waals surface area contributed by atoms with Crippen molar-refractivity contribution in [1.82, 2.24) is 0 Å². The first-order valence-corrected chi connectivity index (χ1v) is 11.4. The van der Waals surface area contributed by atoms with Crippen LogP contribution in [0.3, 0.4) is 0 Å². The molecule has 8 heteroatoms. The number of amides is 1. The van der Waals surface area contributed by atoms with Crippen molar-refractivity contribution in [2.45, 2.75) is 26.8 Å². The number of hydrogen-bond acceptors (Lipinski definition) is 7. The third-order valence-corrected chi connectivity index (χ3v) is 6.15. The molecular formula is C29H24N2O6. The van der Waals surface area contributed by atoms with Gasteiger partial charge in [0, 0.05) is 18.2 Å². The summed E-state index contributed by atoms with van der Waals surface area (Å²) < 4.78 is 10.6. The van der Waals surface area contributed by atoms with Gasteiger partial charge in [0.15, 0.2) is 0 Å². The standard InChI is InChI=1S/C29H24N2O6/c1-16-13-24(36-4)17(2)12-23(16)27(33)25-26(20-6-5-7-22(14-20)37-18(3)32)31(29(35)28(25)34)21-10-8-19(15-30)9-11-21/h5-14,26,33H,1-4H3/b27-25+. The van der Waals surface area contributed by atoms with E-state index in [-0.39, 0.29) is 17.1 Å². The monoisotopic (exact) mass is 496 g/mol. The predicted octanol–water partition coefficient (Wildman–Crippen LogP) is 4.74. The summed E-state index contributed by atoms with van der Waals surface area (Å²) in [6.45, 7) is 4.85. The van der Waals surface area contributed by atoms with Crippen LogP contribution in [0, 0.1) is 25.2 Å². The van der Waals surface area contributed by atoms with E-state index in [1.165, 1.54) is 24.0 Å². The Morgan fingerprint density at radius 3 is 2.35 bits per heavy atom. The van der Waals surface area contributed by atoms with E-state index in [1.54, 1.807) is 62.6 Å². The summed E-state index contributed by atoms with van der Waals surface area (Å²) in [7, 11) is 1.54. The second-order valence-electron chi connectivity index (χ2n) is 8.63. The number of aryl methyl sites for hydroxylation is 2. The van der Waals surface area contributed by atoms with Crippen LogP contribution >= 0.6 is 0 Å². The molecule has 1 saturated heterocycles. The normalized spacial score (nSPS) is 16.4. The number of esters is 1. The molecule has 3 aromatic carbocycles. The molecule has 3 aromatic rings. The van der Waals surface area contributed by atoms with Crippen LogP contribution in [0.1, 0.15) is 40.8 Å². The largest absolute Gasteiger partial charge is 0.507 e. The molecule has 1 atom stereocenters. The first-order chi connectivity index (χ1) is 17.7. The highest BCUT2D eigenvalue weighted by molar-refractivity contribution is 6.51. The van der Waals surface area contributed by atoms with Crippen LogP contribution in [-0.4, -0.2) is 29.9 Å². The Kier molecular flexibility index (Phi) is 6.81. The molecule has 0 spiro atoms. The minimum absolute atomic E-state index is 0.109. The van der Waals surface area contributed by atoms with Crippen molar-refractivity contribution in [2.75, 3.05) is 12.0 Å². The maximum Gasteiger partial charge on any atom is 0.308 e. The van der Waals surface area contributed by atoms with Gasteiger partial charge in [-0.15, -0.1) is 0 Å². The molecule has 186 valence electrons. The van der Waals surface area contributed by atoms with Gasteiger partial charge in [-0.1, -0.05) is 12.1 Å². The highest BCUT2D eigenvalue weighted by Gasteiger charge is 2.47. The summed E-state index contributed by atoms with van der Waals surface area (Å²) in [5.41, 5.74) is 2.87. The Hall–Kier alpha value is -4.90. The average molecular weight is 497 g/mol. The number of ketones is 1. The zero-order valence-corrected chi connectivity index (χ0v) is 20.7. The van der Waals surface area contributed by atoms with E-state index < -0.39 is 23.7 Å². The van der Waals surface area contributed by atoms with Gasteiger partial charge in [-0.25, -0.2) is 0 Å². The lowest BCUT2D eigenvalue weighted by Crippen LogP contribution is -2.29. The third kappa shape index (κ3) is 4.67. The van der Waals surface area contributed by atoms with Crippen LogP contribution in [0.2, 0.25) is 0 Å². The smallest absolute Gasteiger partial charge is 0.308 e. The summed E-state index contributed by atoms with van der Waals surface area (Å²) in [6.07, 6.45) is 0. The zero-order chi connectivity index (χ0) is 26.9. The Bertz CT molecular complexity index is 1500. The molecule has 0 bridgehead atoms. The van der Waals surface area contributed by atoms with Crippen molar-refractivity contribution in [3.05, 3.63) is 94.1 Å². The van der Waals surface area contributed by atoms with Gasteiger partial charge in [-0.05, 0) is 79.1 Å². The number of hydrogen-bond donors (Lipinski definition) is 1. The molecule has 1 amide bonds. The highest BCUT2D eigenvalue weighted by atomic mass is 16.5. The molecule has 8 nitrogen and oxygen atoms in total. The number of aliphatic hydroxyl groups excluding tert-OH is 1. The first-order valence-electron chi connectivity index (χ1n) is 11.4. The molecule has 0 aliphatic carbocycles. The lowest BCUT2D eigenvalue weighted by atomic mass is 9.93. The number of Topliss-reactive ketones (excluding diaryl/α,β-unsaturated/α-hetero) is 1. The minimum atomic E-state index is -1.02. The average Bonchev–Trinajstić information content (AvgIpc) is 3.14. The molecule has 1 unspecified atom stereocenters. The van der Waals surface area contributed by atoms with Gasteiger partial charge in [0.1, 0.15) is 17.3 Å². The molecular weight excluding hydrogens is 472 g/mol. The number of anilines is 1. The molecule has 0 saturated carbocycles. The van der Waals surface area contributed by atoms with E-state index in [4.69, 9.17) is 9.47 Å². The van der Waals surface area contributed by atoms with Gasteiger partial charge in [0.25, 0.3) is 11.7 Å². The van der Waals surface area contributed by atoms with E-state index in [9.17, 15) is 24.8 Å². The van der Waals surface area contributed by atoms with Crippen molar-refractivity contribution in [3.63, 3.8) is 0 Å². The van der Waals surface area contributed by atoms with Crippen LogP contribution in [0.4, 0.5) is 5.69 Å². The number of methoxy groups -OCH3 is 1. The number of nitrogens with zero attached hydrogens (tertiary/aromatic N) is 2. The second-order valence-corrected chi connectivity index (χ2v) is 8.63. The third-order valence-electron chi connectivity index (χ3n) is 6.15. The molecule has 1 N–H and O–H groups in total. The number of carbonyl (C=O) groups excluding carboxylic acids is 3. The number of rotatable bonds is 5. The van der Waals surface area contributed by atoms with Crippen LogP contribution < -0.4 is 14.4 Å². The molecule has 4 rings (SSSR count). The fourth-order valence-electron chi connectivity index (χ4n) is 4.43. The molecule has 37 heavy (non-hydrogen) atoms. The first kappa shape index (κ1) is 25.2. The lowest BCUT2D eigenvalue weighted by Gasteiger charge is -2.26. The van der Waals surface area contributed by atoms with E-state index in [1.807, 2.05) is 13.0 Å². The minimum Gasteiger partial charge on any atom is -0.507 e. The molecule has 1 fully saturated rings. The van der Waals surface area contributed by atoms with E-state index in [0.717, 1.165) is 5.56 Å². The van der Waals surface area contributed by atoms with E-state index in [0.29, 0.717) is 33.7 Å². The zero-order valence-electron chi connectivity index (χ0n) is 20.7. The van der Waals surface area contributed by atoms with Gasteiger partial charge in [-0.2, -0.15) is 5.26 Å². The Balaban J connectivity index is 1.97. The number of benzene rings is 3. The van der Waals surface area contributed by atoms with Gasteiger partial charge in [0.2, 0.25) is 0 Å². The topological polar surface area (TPSA) is 117 Å². The van der Waals surface area contributed by atoms with E-state index in [2.05, 4.69) is 0 Å². The van der Waals surface area contributed by atoms with Crippen molar-refractivity contribution in [1.29, 1.82) is 5.26 Å². The molecule has 1 aliphatic rings. The van der Waals surface area contributed by atoms with Crippen LogP contribution in [-0.2, 0) is 14.4 Å². The maximum absolute atomic E-state index is 13.4. The van der Waals surface area contributed by atoms with Gasteiger partial charge in [-0.3, -0.25) is 19.3 Å². The van der Waals surface area contributed by atoms with Crippen molar-refractivity contribution >= 4 is 29.1 Å². The predicted molar refractivity (Wildman–Crippen MR) is 136 cm³/mol. The lowest BCUT2D eigenvalue weighted by molar-refractivity contribution is -0.132. The Morgan fingerprint density at radius 1 is 1.03 bits per heavy atom.